The van der Waals surface area contributed by atoms with E-state index >= 15 is 4.39 Å². The Hall–Kier alpha value is -2.01. The lowest BCUT2D eigenvalue weighted by molar-refractivity contribution is -0.219. The zero-order chi connectivity index (χ0) is 21.7. The van der Waals surface area contributed by atoms with Gasteiger partial charge in [-0.1, -0.05) is 20.4 Å². The van der Waals surface area contributed by atoms with Crippen molar-refractivity contribution in [2.24, 2.45) is 11.7 Å². The van der Waals surface area contributed by atoms with Crippen LogP contribution in [0.4, 0.5) is 4.39 Å². The van der Waals surface area contributed by atoms with Gasteiger partial charge in [-0.2, -0.15) is 0 Å². The number of nitrogens with one attached hydrogen (secondary N) is 1. The van der Waals surface area contributed by atoms with Gasteiger partial charge in [-0.3, -0.25) is 9.59 Å². The van der Waals surface area contributed by atoms with Crippen molar-refractivity contribution < 1.29 is 37.8 Å². The second-order valence-electron chi connectivity index (χ2n) is 5.89. The molecule has 5 N–H and O–H groups in total. The molecule has 0 aromatic heterocycles. The highest BCUT2D eigenvalue weighted by Gasteiger charge is 2.58. The summed E-state index contributed by atoms with van der Waals surface area (Å²) < 4.78 is 48.4. The van der Waals surface area contributed by atoms with Crippen molar-refractivity contribution in [3.63, 3.8) is 0 Å². The number of halogens is 1. The predicted molar refractivity (Wildman–Crippen MR) is 82.8 cm³/mol. The van der Waals surface area contributed by atoms with E-state index in [0.29, 0.717) is 4.90 Å². The Bertz CT molecular complexity index is 723. The van der Waals surface area contributed by atoms with Crippen LogP contribution in [0.5, 0.6) is 0 Å². The molecule has 0 radical (unpaired) electrons. The van der Waals surface area contributed by atoms with E-state index in [1.54, 1.807) is 13.8 Å². The van der Waals surface area contributed by atoms with E-state index in [-0.39, 0.29) is 5.82 Å². The third-order valence-electron chi connectivity index (χ3n) is 3.64. The number of nitrogens with zero attached hydrogens (tertiary/aromatic N) is 1. The normalized spacial score (nSPS) is 38.8. The molecule has 0 unspecified atom stereocenters. The van der Waals surface area contributed by atoms with Gasteiger partial charge in [0.15, 0.2) is 12.8 Å². The number of nitrogens with two attached hydrogens (primary N) is 1. The smallest absolute Gasteiger partial charge is 0.323 e. The minimum absolute atomic E-state index is 0.294. The maximum Gasteiger partial charge on any atom is 0.323 e. The number of carbonyl (C=O) groups is 2. The summed E-state index contributed by atoms with van der Waals surface area (Å²) in [7, 11) is 0. The first-order valence-corrected chi connectivity index (χ1v) is 7.38. The minimum atomic E-state index is -3.84. The van der Waals surface area contributed by atoms with Gasteiger partial charge in [0.25, 0.3) is 11.8 Å². The maximum atomic E-state index is 15.4. The van der Waals surface area contributed by atoms with Gasteiger partial charge in [0, 0.05) is 12.3 Å². The third-order valence-corrected chi connectivity index (χ3v) is 3.64. The zero-order valence-corrected chi connectivity index (χ0v) is 13.6. The number of esters is 1. The molecule has 5 atom stereocenters. The fourth-order valence-corrected chi connectivity index (χ4v) is 2.03. The lowest BCUT2D eigenvalue weighted by atomic mass is 10.1. The predicted octanol–water partition coefficient (Wildman–Crippen LogP) is -1.33. The summed E-state index contributed by atoms with van der Waals surface area (Å²) in [6.45, 7) is 2.91. The van der Waals surface area contributed by atoms with E-state index < -0.39 is 54.7 Å². The highest BCUT2D eigenvalue weighted by molar-refractivity contribution is 5.89. The molecular formula is C15H22FN3O6. The average molecular weight is 362 g/mol. The first-order valence-electron chi connectivity index (χ1n) is 8.88. The number of alkyl halides is 1. The Morgan fingerprint density at radius 1 is 1.72 bits per heavy atom. The molecule has 1 saturated heterocycles. The summed E-state index contributed by atoms with van der Waals surface area (Å²) in [5.74, 6) is -6.51. The van der Waals surface area contributed by atoms with Crippen molar-refractivity contribution in [1.82, 2.24) is 10.2 Å². The number of hydrogen-bond donors (Lipinski definition) is 4. The lowest BCUT2D eigenvalue weighted by Gasteiger charge is -2.32. The number of amides is 1. The zero-order valence-electron chi connectivity index (χ0n) is 16.6. The third kappa shape index (κ3) is 3.82. The fourth-order valence-electron chi connectivity index (χ4n) is 2.03. The van der Waals surface area contributed by atoms with Crippen LogP contribution in [0.2, 0.25) is 0 Å². The van der Waals surface area contributed by atoms with E-state index in [4.69, 9.17) is 14.6 Å². The number of hydrogen-bond acceptors (Lipinski definition) is 8. The molecule has 9 nitrogen and oxygen atoms in total. The van der Waals surface area contributed by atoms with Crippen molar-refractivity contribution in [1.29, 1.82) is 0 Å². The first-order chi connectivity index (χ1) is 12.7. The molecule has 0 aromatic rings. The van der Waals surface area contributed by atoms with E-state index in [2.05, 4.69) is 16.6 Å². The van der Waals surface area contributed by atoms with E-state index in [1.165, 1.54) is 0 Å². The Labute approximate surface area is 148 Å². The van der Waals surface area contributed by atoms with Gasteiger partial charge in [-0.05, 0) is 5.92 Å². The van der Waals surface area contributed by atoms with Crippen LogP contribution in [0.1, 0.15) is 18.0 Å². The monoisotopic (exact) mass is 362 g/mol. The van der Waals surface area contributed by atoms with Crippen molar-refractivity contribution >= 4 is 11.9 Å². The summed E-state index contributed by atoms with van der Waals surface area (Å²) in [5, 5.41) is 22.5. The Balaban J connectivity index is 2.35. The van der Waals surface area contributed by atoms with Gasteiger partial charge in [-0.25, -0.2) is 4.39 Å². The van der Waals surface area contributed by atoms with Crippen LogP contribution in [-0.4, -0.2) is 63.9 Å². The van der Waals surface area contributed by atoms with Gasteiger partial charge in [0.2, 0.25) is 0 Å². The van der Waals surface area contributed by atoms with E-state index in [9.17, 15) is 19.8 Å². The molecule has 0 bridgehead atoms. The van der Waals surface area contributed by atoms with Crippen molar-refractivity contribution in [2.45, 2.75) is 44.2 Å². The van der Waals surface area contributed by atoms with Gasteiger partial charge < -0.3 is 35.6 Å². The molecule has 0 aromatic carbocycles. The Kier molecular flexibility index (Phi) is 4.32. The molecule has 0 aliphatic carbocycles. The summed E-state index contributed by atoms with van der Waals surface area (Å²) >= 11 is 0. The second-order valence-corrected chi connectivity index (χ2v) is 5.89. The van der Waals surface area contributed by atoms with Gasteiger partial charge >= 0.3 is 5.97 Å². The maximum absolute atomic E-state index is 15.4. The van der Waals surface area contributed by atoms with Crippen LogP contribution in [-0.2, 0) is 19.1 Å². The van der Waals surface area contributed by atoms with Crippen LogP contribution >= 0.6 is 0 Å². The Morgan fingerprint density at radius 2 is 2.36 bits per heavy atom. The molecule has 140 valence electrons. The van der Waals surface area contributed by atoms with Crippen molar-refractivity contribution in [3.8, 4) is 0 Å². The van der Waals surface area contributed by atoms with E-state index in [0.717, 1.165) is 12.3 Å². The summed E-state index contributed by atoms with van der Waals surface area (Å²) in [4.78, 5) is 23.9. The molecule has 2 aliphatic rings. The van der Waals surface area contributed by atoms with Crippen LogP contribution in [0.3, 0.4) is 0 Å². The fraction of sp³-hybridized carbons (Fsp3) is 0.600. The average Bonchev–Trinajstić information content (AvgIpc) is 2.75. The number of aliphatic hydroxyl groups is 2. The summed E-state index contributed by atoms with van der Waals surface area (Å²) in [6.07, 6.45) is -5.97. The summed E-state index contributed by atoms with van der Waals surface area (Å²) in [5.41, 5.74) is 5.55. The molecule has 2 heterocycles. The number of ether oxygens (including phenoxy) is 2. The molecular weight excluding hydrogens is 337 g/mol. The number of aliphatic hydroxyl groups excluding tert-OH is 2. The van der Waals surface area contributed by atoms with Gasteiger partial charge in [0.05, 0.1) is 4.11 Å². The van der Waals surface area contributed by atoms with Crippen LogP contribution < -0.4 is 11.1 Å². The molecule has 2 aliphatic heterocycles. The Morgan fingerprint density at radius 3 is 2.92 bits per heavy atom. The minimum Gasteiger partial charge on any atom is -0.458 e. The number of rotatable bonds is 5. The topological polar surface area (TPSA) is 134 Å². The van der Waals surface area contributed by atoms with E-state index in [1.807, 2.05) is 0 Å². The van der Waals surface area contributed by atoms with Crippen LogP contribution in [0.15, 0.2) is 24.7 Å². The molecule has 0 spiro atoms. The van der Waals surface area contributed by atoms with Crippen LogP contribution in [0.25, 0.3) is 0 Å². The molecule has 1 fully saturated rings. The quantitative estimate of drug-likeness (QED) is 0.442. The second kappa shape index (κ2) is 7.08. The number of carbonyl (C=O) groups excluding carboxylic acids is 2. The largest absolute Gasteiger partial charge is 0.458 e. The molecule has 25 heavy (non-hydrogen) atoms. The SMILES string of the molecule is [2H]C([2H])(OC(=O)[C@@H](N)C(C)C)[C@@]1(F)O[C@@]([2H])(N2C=CC(=O)NC2=C)[C@H](O)[C@@H]1O. The lowest BCUT2D eigenvalue weighted by Crippen LogP contribution is -2.46. The molecule has 2 rings (SSSR count). The standard InChI is InChI=1S/C15H22FN3O6/c1-7(2)10(17)14(23)24-6-15(16)12(22)11(21)13(25-15)19-5-4-9(20)18-8(19)3/h4-5,7,10-13,21-22H,3,6,17H2,1-2H3,(H,18,20)/t10-,11+,12-,13+,15+/m0/s1/i6D2,13D. The highest BCUT2D eigenvalue weighted by atomic mass is 19.2. The molecule has 10 heteroatoms. The van der Waals surface area contributed by atoms with Gasteiger partial charge in [0.1, 0.15) is 24.1 Å². The van der Waals surface area contributed by atoms with Gasteiger partial charge in [-0.15, -0.1) is 0 Å². The molecule has 0 saturated carbocycles. The van der Waals surface area contributed by atoms with Crippen LogP contribution in [0, 0.1) is 5.92 Å². The highest BCUT2D eigenvalue weighted by Crippen LogP contribution is 2.36. The summed E-state index contributed by atoms with van der Waals surface area (Å²) in [6, 6.07) is -1.29. The van der Waals surface area contributed by atoms with Crippen molar-refractivity contribution in [3.05, 3.63) is 24.7 Å². The molecule has 1 amide bonds. The first kappa shape index (κ1) is 15.3. The van der Waals surface area contributed by atoms with Crippen molar-refractivity contribution in [2.75, 3.05) is 6.56 Å².